The molecule has 16 heavy (non-hydrogen) atoms. The van der Waals surface area contributed by atoms with Crippen molar-refractivity contribution < 1.29 is 19.1 Å². The van der Waals surface area contributed by atoms with Crippen LogP contribution in [0, 0.1) is 0 Å². The summed E-state index contributed by atoms with van der Waals surface area (Å²) >= 11 is 0. The molecule has 0 aliphatic carbocycles. The highest BCUT2D eigenvalue weighted by Gasteiger charge is 2.11. The summed E-state index contributed by atoms with van der Waals surface area (Å²) in [6.07, 6.45) is 3.25. The van der Waals surface area contributed by atoms with Gasteiger partial charge in [-0.25, -0.2) is 9.18 Å². The van der Waals surface area contributed by atoms with Gasteiger partial charge in [-0.3, -0.25) is 4.79 Å². The normalized spacial score (nSPS) is 14.5. The van der Waals surface area contributed by atoms with E-state index in [1.54, 1.807) is 6.92 Å². The van der Waals surface area contributed by atoms with E-state index in [9.17, 15) is 14.0 Å². The minimum atomic E-state index is -1.13. The van der Waals surface area contributed by atoms with Crippen LogP contribution in [0.25, 0.3) is 0 Å². The average Bonchev–Trinajstić information content (AvgIpc) is 2.25. The summed E-state index contributed by atoms with van der Waals surface area (Å²) in [7, 11) is 0. The van der Waals surface area contributed by atoms with Crippen molar-refractivity contribution in [1.29, 1.82) is 0 Å². The Morgan fingerprint density at radius 1 is 1.31 bits per heavy atom. The minimum Gasteiger partial charge on any atom is -0.478 e. The van der Waals surface area contributed by atoms with Gasteiger partial charge in [0.05, 0.1) is 0 Å². The fraction of sp³-hybridized carbons (Fsp3) is 0.333. The van der Waals surface area contributed by atoms with Gasteiger partial charge in [-0.15, -0.1) is 0 Å². The van der Waals surface area contributed by atoms with Gasteiger partial charge in [0.1, 0.15) is 12.1 Å². The molecular weight excluding hydrogens is 211 g/mol. The lowest BCUT2D eigenvalue weighted by molar-refractivity contribution is -0.132. The van der Waals surface area contributed by atoms with Gasteiger partial charge < -0.3 is 5.11 Å². The van der Waals surface area contributed by atoms with Crippen LogP contribution in [0.3, 0.4) is 0 Å². The molecule has 0 aromatic heterocycles. The van der Waals surface area contributed by atoms with Gasteiger partial charge in [-0.2, -0.15) is 0 Å². The lowest BCUT2D eigenvalue weighted by atomic mass is 10.1. The molecule has 0 amide bonds. The molecule has 0 bridgehead atoms. The molecule has 0 fully saturated rings. The van der Waals surface area contributed by atoms with Crippen molar-refractivity contribution >= 4 is 12.3 Å². The number of aliphatic carboxylic acids is 1. The van der Waals surface area contributed by atoms with Crippen LogP contribution in [0.5, 0.6) is 0 Å². The number of carboxylic acid groups (broad SMARTS) is 1. The predicted octanol–water partition coefficient (Wildman–Crippen LogP) is 2.80. The molecule has 1 N–H and O–H groups in total. The Kier molecular flexibility index (Phi) is 6.00. The lowest BCUT2D eigenvalue weighted by Crippen LogP contribution is -2.02. The number of allylic oxidation sites excluding steroid dienone is 5. The molecule has 0 saturated carbocycles. The maximum absolute atomic E-state index is 13.5. The van der Waals surface area contributed by atoms with Gasteiger partial charge in [0.15, 0.2) is 0 Å². The third-order valence-electron chi connectivity index (χ3n) is 2.10. The molecule has 0 aliphatic rings. The van der Waals surface area contributed by atoms with E-state index in [0.717, 1.165) is 6.08 Å². The van der Waals surface area contributed by atoms with Crippen molar-refractivity contribution in [3.05, 3.63) is 34.7 Å². The third-order valence-corrected chi connectivity index (χ3v) is 2.10. The van der Waals surface area contributed by atoms with E-state index >= 15 is 0 Å². The molecule has 0 atom stereocenters. The number of hydrogen-bond donors (Lipinski definition) is 1. The Hall–Kier alpha value is -1.71. The van der Waals surface area contributed by atoms with Gasteiger partial charge in [0.2, 0.25) is 0 Å². The summed E-state index contributed by atoms with van der Waals surface area (Å²) in [6, 6.07) is 0. The third kappa shape index (κ3) is 4.21. The van der Waals surface area contributed by atoms with Crippen LogP contribution in [0.4, 0.5) is 4.39 Å². The summed E-state index contributed by atoms with van der Waals surface area (Å²) in [5.41, 5.74) is 0.493. The monoisotopic (exact) mass is 226 g/mol. The molecule has 0 aromatic carbocycles. The van der Waals surface area contributed by atoms with Gasteiger partial charge in [-0.05, 0) is 37.5 Å². The summed E-state index contributed by atoms with van der Waals surface area (Å²) in [6.45, 7) is 4.59. The van der Waals surface area contributed by atoms with Crippen molar-refractivity contribution in [3.63, 3.8) is 0 Å². The zero-order valence-electron chi connectivity index (χ0n) is 9.58. The van der Waals surface area contributed by atoms with Crippen molar-refractivity contribution in [2.75, 3.05) is 0 Å². The average molecular weight is 226 g/mol. The number of aldehydes is 1. The maximum Gasteiger partial charge on any atom is 0.331 e. The fourth-order valence-electron chi connectivity index (χ4n) is 1.09. The molecule has 0 rings (SSSR count). The van der Waals surface area contributed by atoms with Crippen LogP contribution in [0.2, 0.25) is 0 Å². The highest BCUT2D eigenvalue weighted by Crippen LogP contribution is 2.18. The van der Waals surface area contributed by atoms with Gasteiger partial charge in [-0.1, -0.05) is 13.0 Å². The molecule has 0 radical (unpaired) electrons. The molecule has 0 aromatic rings. The second-order valence-corrected chi connectivity index (χ2v) is 3.31. The van der Waals surface area contributed by atoms with Crippen LogP contribution in [0.1, 0.15) is 27.2 Å². The van der Waals surface area contributed by atoms with E-state index in [-0.39, 0.29) is 17.6 Å². The second kappa shape index (κ2) is 6.71. The highest BCUT2D eigenvalue weighted by molar-refractivity contribution is 5.88. The Balaban J connectivity index is 5.18. The summed E-state index contributed by atoms with van der Waals surface area (Å²) in [5, 5.41) is 8.79. The van der Waals surface area contributed by atoms with Gasteiger partial charge in [0.25, 0.3) is 0 Å². The first-order chi connectivity index (χ1) is 7.43. The standard InChI is InChI=1S/C12H15FO3/c1-4-10(12(15)16)9(3)11(13)6-5-8(2)7-14/h5-7H,4H2,1-3H3,(H,15,16). The van der Waals surface area contributed by atoms with Gasteiger partial charge in [0, 0.05) is 5.57 Å². The minimum absolute atomic E-state index is 0.0332. The van der Waals surface area contributed by atoms with Crippen LogP contribution >= 0.6 is 0 Å². The van der Waals surface area contributed by atoms with E-state index in [2.05, 4.69) is 0 Å². The predicted molar refractivity (Wildman–Crippen MR) is 59.6 cm³/mol. The highest BCUT2D eigenvalue weighted by atomic mass is 19.1. The van der Waals surface area contributed by atoms with Crippen LogP contribution in [0.15, 0.2) is 34.7 Å². The van der Waals surface area contributed by atoms with Crippen LogP contribution in [-0.4, -0.2) is 17.4 Å². The van der Waals surface area contributed by atoms with Crippen molar-refractivity contribution in [2.24, 2.45) is 0 Å². The number of carboxylic acids is 1. The first-order valence-corrected chi connectivity index (χ1v) is 4.86. The quantitative estimate of drug-likeness (QED) is 0.445. The molecule has 0 unspecified atom stereocenters. The molecule has 88 valence electrons. The molecule has 0 spiro atoms. The lowest BCUT2D eigenvalue weighted by Gasteiger charge is -2.03. The summed E-state index contributed by atoms with van der Waals surface area (Å²) in [5.74, 6) is -1.76. The number of hydrogen-bond acceptors (Lipinski definition) is 2. The van der Waals surface area contributed by atoms with E-state index in [1.807, 2.05) is 0 Å². The van der Waals surface area contributed by atoms with Crippen molar-refractivity contribution in [2.45, 2.75) is 27.2 Å². The largest absolute Gasteiger partial charge is 0.478 e. The van der Waals surface area contributed by atoms with Crippen molar-refractivity contribution in [3.8, 4) is 0 Å². The molecule has 0 saturated heterocycles. The SMILES string of the molecule is CCC(C(=O)O)=C(C)C(F)=CC=C(C)C=O. The number of rotatable bonds is 5. The zero-order chi connectivity index (χ0) is 12.7. The Labute approximate surface area is 94.0 Å². The maximum atomic E-state index is 13.5. The fourth-order valence-corrected chi connectivity index (χ4v) is 1.09. The van der Waals surface area contributed by atoms with Gasteiger partial charge >= 0.3 is 5.97 Å². The first kappa shape index (κ1) is 14.3. The number of carbonyl (C=O) groups is 2. The van der Waals surface area contributed by atoms with Crippen LogP contribution in [-0.2, 0) is 9.59 Å². The Morgan fingerprint density at radius 2 is 1.88 bits per heavy atom. The first-order valence-electron chi connectivity index (χ1n) is 4.86. The van der Waals surface area contributed by atoms with E-state index in [4.69, 9.17) is 5.11 Å². The smallest absolute Gasteiger partial charge is 0.331 e. The molecule has 4 heteroatoms. The Morgan fingerprint density at radius 3 is 2.25 bits per heavy atom. The topological polar surface area (TPSA) is 54.4 Å². The second-order valence-electron chi connectivity index (χ2n) is 3.31. The number of halogens is 1. The van der Waals surface area contributed by atoms with E-state index < -0.39 is 11.8 Å². The zero-order valence-corrected chi connectivity index (χ0v) is 9.58. The summed E-state index contributed by atoms with van der Waals surface area (Å²) in [4.78, 5) is 21.0. The molecular formula is C12H15FO3. The van der Waals surface area contributed by atoms with E-state index in [1.165, 1.54) is 19.9 Å². The van der Waals surface area contributed by atoms with Crippen LogP contribution < -0.4 is 0 Å². The molecule has 3 nitrogen and oxygen atoms in total. The molecule has 0 heterocycles. The summed E-state index contributed by atoms with van der Waals surface area (Å²) < 4.78 is 13.5. The molecule has 0 aliphatic heterocycles. The Bertz CT molecular complexity index is 376. The van der Waals surface area contributed by atoms with Crippen molar-refractivity contribution in [1.82, 2.24) is 0 Å². The number of carbonyl (C=O) groups excluding carboxylic acids is 1. The van der Waals surface area contributed by atoms with E-state index in [0.29, 0.717) is 11.9 Å².